The summed E-state index contributed by atoms with van der Waals surface area (Å²) in [4.78, 5) is 24.1. The number of hydrogen-bond acceptors (Lipinski definition) is 6. The Kier molecular flexibility index (Phi) is 4.25. The van der Waals surface area contributed by atoms with Gasteiger partial charge in [0.25, 0.3) is 0 Å². The van der Waals surface area contributed by atoms with E-state index < -0.39 is 17.7 Å². The molecule has 0 fully saturated rings. The molecule has 2 N–H and O–H groups in total. The van der Waals surface area contributed by atoms with Crippen LogP contribution in [0.25, 0.3) is 0 Å². The van der Waals surface area contributed by atoms with Gasteiger partial charge in [0.05, 0.1) is 0 Å². The van der Waals surface area contributed by atoms with Gasteiger partial charge < -0.3 is 9.84 Å². The molecular formula is C7H8O6. The molecule has 0 aliphatic carbocycles. The third-order valence-corrected chi connectivity index (χ3v) is 0.918. The van der Waals surface area contributed by atoms with E-state index in [2.05, 4.69) is 16.2 Å². The fraction of sp³-hybridized carbons (Fsp3) is 0.143. The maximum absolute atomic E-state index is 10.7. The first-order valence-electron chi connectivity index (χ1n) is 3.10. The summed E-state index contributed by atoms with van der Waals surface area (Å²) in [5.41, 5.74) is 0.0985. The summed E-state index contributed by atoms with van der Waals surface area (Å²) in [5.74, 6) is -3.26. The lowest BCUT2D eigenvalue weighted by Gasteiger charge is -1.97. The van der Waals surface area contributed by atoms with Crippen molar-refractivity contribution >= 4 is 11.9 Å². The lowest BCUT2D eigenvalue weighted by atomic mass is 10.4. The lowest BCUT2D eigenvalue weighted by molar-refractivity contribution is -0.232. The molecule has 0 amide bonds. The van der Waals surface area contributed by atoms with E-state index in [-0.39, 0.29) is 5.57 Å². The number of aliphatic hydroxyl groups excluding tert-OH is 1. The topological polar surface area (TPSA) is 93.1 Å². The van der Waals surface area contributed by atoms with Crippen molar-refractivity contribution in [3.63, 3.8) is 0 Å². The summed E-state index contributed by atoms with van der Waals surface area (Å²) < 4.78 is 4.23. The molecule has 6 nitrogen and oxygen atoms in total. The van der Waals surface area contributed by atoms with E-state index in [1.807, 2.05) is 0 Å². The number of carbonyl (C=O) groups excluding carboxylic acids is 2. The van der Waals surface area contributed by atoms with E-state index >= 15 is 0 Å². The number of carbonyl (C=O) groups is 2. The summed E-state index contributed by atoms with van der Waals surface area (Å²) in [6.07, 6.45) is 0.440. The Morgan fingerprint density at radius 1 is 1.38 bits per heavy atom. The van der Waals surface area contributed by atoms with Crippen LogP contribution in [0.2, 0.25) is 0 Å². The Morgan fingerprint density at radius 2 is 1.92 bits per heavy atom. The van der Waals surface area contributed by atoms with Crippen LogP contribution in [-0.4, -0.2) is 22.3 Å². The number of rotatable bonds is 3. The van der Waals surface area contributed by atoms with Gasteiger partial charge in [-0.3, -0.25) is 4.89 Å². The second-order valence-electron chi connectivity index (χ2n) is 2.07. The predicted octanol–water partition coefficient (Wildman–Crippen LogP) is 0.521. The molecule has 0 spiro atoms. The summed E-state index contributed by atoms with van der Waals surface area (Å²) in [6, 6.07) is 0. The molecule has 0 unspecified atom stereocenters. The fourth-order valence-corrected chi connectivity index (χ4v) is 0.305. The van der Waals surface area contributed by atoms with E-state index in [0.717, 1.165) is 0 Å². The number of hydrogen-bond donors (Lipinski definition) is 2. The summed E-state index contributed by atoms with van der Waals surface area (Å²) in [5, 5.41) is 16.4. The Bertz CT molecular complexity index is 264. The zero-order chi connectivity index (χ0) is 10.4. The number of ether oxygens (including phenoxy) is 1. The Balaban J connectivity index is 4.20. The van der Waals surface area contributed by atoms with Gasteiger partial charge in [0, 0.05) is 5.57 Å². The molecule has 0 aromatic rings. The van der Waals surface area contributed by atoms with Crippen molar-refractivity contribution in [1.82, 2.24) is 0 Å². The molecule has 72 valence electrons. The standard InChI is InChI=1S/C7H8O6/c1-4(2)6(9)12-3-5(8)7(10)13-11/h3,8,11H,1H2,2H3/b5-3-. The molecule has 0 rings (SSSR count). The first-order chi connectivity index (χ1) is 5.99. The maximum atomic E-state index is 10.7. The van der Waals surface area contributed by atoms with Crippen LogP contribution in [0, 0.1) is 0 Å². The normalized spacial score (nSPS) is 10.5. The quantitative estimate of drug-likeness (QED) is 0.220. The predicted molar refractivity (Wildman–Crippen MR) is 40.3 cm³/mol. The zero-order valence-corrected chi connectivity index (χ0v) is 6.81. The molecule has 0 aromatic carbocycles. The SMILES string of the molecule is C=C(C)C(=O)O/C=C(\O)C(=O)OO. The van der Waals surface area contributed by atoms with E-state index in [1.54, 1.807) is 0 Å². The second kappa shape index (κ2) is 4.94. The smallest absolute Gasteiger partial charge is 0.410 e. The van der Waals surface area contributed by atoms with Gasteiger partial charge in [0.1, 0.15) is 6.26 Å². The van der Waals surface area contributed by atoms with Crippen molar-refractivity contribution in [1.29, 1.82) is 0 Å². The second-order valence-corrected chi connectivity index (χ2v) is 2.07. The van der Waals surface area contributed by atoms with E-state index in [1.165, 1.54) is 6.92 Å². The van der Waals surface area contributed by atoms with Gasteiger partial charge in [0.2, 0.25) is 5.76 Å². The van der Waals surface area contributed by atoms with Gasteiger partial charge in [-0.05, 0) is 6.92 Å². The molecule has 0 atom stereocenters. The summed E-state index contributed by atoms with van der Waals surface area (Å²) in [7, 11) is 0. The molecule has 0 saturated heterocycles. The molecule has 6 heteroatoms. The van der Waals surface area contributed by atoms with Crippen molar-refractivity contribution in [2.75, 3.05) is 0 Å². The minimum Gasteiger partial charge on any atom is -0.500 e. The molecule has 0 radical (unpaired) electrons. The van der Waals surface area contributed by atoms with Crippen LogP contribution in [-0.2, 0) is 19.2 Å². The van der Waals surface area contributed by atoms with Crippen molar-refractivity contribution in [3.05, 3.63) is 24.2 Å². The lowest BCUT2D eigenvalue weighted by Crippen LogP contribution is -2.07. The Labute approximate surface area is 73.6 Å². The van der Waals surface area contributed by atoms with Crippen LogP contribution in [0.3, 0.4) is 0 Å². The molecule has 13 heavy (non-hydrogen) atoms. The molecular weight excluding hydrogens is 180 g/mol. The molecule has 0 heterocycles. The minimum absolute atomic E-state index is 0.0985. The highest BCUT2D eigenvalue weighted by atomic mass is 17.1. The van der Waals surface area contributed by atoms with Crippen LogP contribution in [0.5, 0.6) is 0 Å². The largest absolute Gasteiger partial charge is 0.500 e. The van der Waals surface area contributed by atoms with Gasteiger partial charge >= 0.3 is 11.9 Å². The highest BCUT2D eigenvalue weighted by Gasteiger charge is 2.10. The third-order valence-electron chi connectivity index (χ3n) is 0.918. The van der Waals surface area contributed by atoms with Crippen molar-refractivity contribution in [2.45, 2.75) is 6.92 Å². The molecule has 0 aromatic heterocycles. The fourth-order valence-electron chi connectivity index (χ4n) is 0.305. The number of aliphatic hydroxyl groups is 1. The average molecular weight is 188 g/mol. The molecule has 0 aliphatic heterocycles. The van der Waals surface area contributed by atoms with Crippen LogP contribution < -0.4 is 0 Å². The highest BCUT2D eigenvalue weighted by Crippen LogP contribution is 1.97. The molecule has 0 aliphatic rings. The van der Waals surface area contributed by atoms with Gasteiger partial charge in [-0.15, -0.1) is 0 Å². The van der Waals surface area contributed by atoms with Gasteiger partial charge in [-0.2, -0.15) is 5.26 Å². The van der Waals surface area contributed by atoms with Crippen LogP contribution in [0.4, 0.5) is 0 Å². The minimum atomic E-state index is -1.42. The summed E-state index contributed by atoms with van der Waals surface area (Å²) >= 11 is 0. The third kappa shape index (κ3) is 3.92. The highest BCUT2D eigenvalue weighted by molar-refractivity contribution is 5.89. The van der Waals surface area contributed by atoms with Gasteiger partial charge in [0.15, 0.2) is 0 Å². The van der Waals surface area contributed by atoms with Crippen LogP contribution in [0.15, 0.2) is 24.2 Å². The zero-order valence-electron chi connectivity index (χ0n) is 6.81. The van der Waals surface area contributed by atoms with Gasteiger partial charge in [-0.1, -0.05) is 6.58 Å². The Hall–Kier alpha value is -1.82. The van der Waals surface area contributed by atoms with Gasteiger partial charge in [-0.25, -0.2) is 9.59 Å². The van der Waals surface area contributed by atoms with Crippen LogP contribution in [0.1, 0.15) is 6.92 Å². The first kappa shape index (κ1) is 11.2. The first-order valence-corrected chi connectivity index (χ1v) is 3.10. The summed E-state index contributed by atoms with van der Waals surface area (Å²) in [6.45, 7) is 4.63. The molecule has 0 saturated carbocycles. The van der Waals surface area contributed by atoms with E-state index in [4.69, 9.17) is 10.4 Å². The monoisotopic (exact) mass is 188 g/mol. The van der Waals surface area contributed by atoms with E-state index in [9.17, 15) is 9.59 Å². The average Bonchev–Trinajstić information content (AvgIpc) is 2.11. The van der Waals surface area contributed by atoms with Crippen molar-refractivity contribution in [2.24, 2.45) is 0 Å². The van der Waals surface area contributed by atoms with Crippen molar-refractivity contribution < 1.29 is 29.6 Å². The van der Waals surface area contributed by atoms with E-state index in [0.29, 0.717) is 6.26 Å². The Morgan fingerprint density at radius 3 is 2.31 bits per heavy atom. The maximum Gasteiger partial charge on any atom is 0.410 e. The number of esters is 1. The van der Waals surface area contributed by atoms with Crippen LogP contribution >= 0.6 is 0 Å². The van der Waals surface area contributed by atoms with Crippen molar-refractivity contribution in [3.8, 4) is 0 Å². The molecule has 0 bridgehead atoms.